The van der Waals surface area contributed by atoms with Crippen LogP contribution in [0.4, 0.5) is 0 Å². The van der Waals surface area contributed by atoms with Crippen molar-refractivity contribution in [1.82, 2.24) is 14.7 Å². The molecule has 25 heavy (non-hydrogen) atoms. The van der Waals surface area contributed by atoms with Crippen LogP contribution >= 0.6 is 0 Å². The molecule has 0 amide bonds. The standard InChI is InChI=1S/C22H43N3/c1-21(2,3)19-9-11-24(12-10-19)20-16-23(17-20)15-18-7-13-25(14-8-18)22(4,5)6/h18-20H,7-17H2,1-6H3. The van der Waals surface area contributed by atoms with E-state index in [1.54, 1.807) is 0 Å². The van der Waals surface area contributed by atoms with Gasteiger partial charge in [0, 0.05) is 31.2 Å². The molecule has 0 aliphatic carbocycles. The maximum atomic E-state index is 2.79. The van der Waals surface area contributed by atoms with Crippen LogP contribution in [0.5, 0.6) is 0 Å². The first-order valence-corrected chi connectivity index (χ1v) is 10.8. The number of hydrogen-bond donors (Lipinski definition) is 0. The molecule has 146 valence electrons. The van der Waals surface area contributed by atoms with E-state index in [0.717, 1.165) is 17.9 Å². The van der Waals surface area contributed by atoms with Crippen molar-refractivity contribution in [3.05, 3.63) is 0 Å². The predicted molar refractivity (Wildman–Crippen MR) is 108 cm³/mol. The van der Waals surface area contributed by atoms with E-state index in [1.165, 1.54) is 71.5 Å². The van der Waals surface area contributed by atoms with E-state index < -0.39 is 0 Å². The summed E-state index contributed by atoms with van der Waals surface area (Å²) in [5.41, 5.74) is 0.853. The van der Waals surface area contributed by atoms with Crippen LogP contribution in [-0.4, -0.2) is 72.1 Å². The molecule has 3 rings (SSSR count). The lowest BCUT2D eigenvalue weighted by Crippen LogP contribution is -2.62. The number of likely N-dealkylation sites (tertiary alicyclic amines) is 3. The molecular weight excluding hydrogens is 306 g/mol. The molecule has 3 aliphatic rings. The fraction of sp³-hybridized carbons (Fsp3) is 1.00. The first-order chi connectivity index (χ1) is 11.6. The third-order valence-electron chi connectivity index (χ3n) is 7.29. The van der Waals surface area contributed by atoms with Gasteiger partial charge < -0.3 is 0 Å². The molecule has 3 saturated heterocycles. The topological polar surface area (TPSA) is 9.72 Å². The molecule has 3 heterocycles. The van der Waals surface area contributed by atoms with Crippen molar-refractivity contribution >= 4 is 0 Å². The average molecular weight is 350 g/mol. The molecule has 0 atom stereocenters. The highest BCUT2D eigenvalue weighted by atomic mass is 15.3. The van der Waals surface area contributed by atoms with Gasteiger partial charge in [0.1, 0.15) is 0 Å². The minimum Gasteiger partial charge on any atom is -0.300 e. The normalized spacial score (nSPS) is 27.6. The van der Waals surface area contributed by atoms with Gasteiger partial charge in [-0.25, -0.2) is 0 Å². The van der Waals surface area contributed by atoms with E-state index in [-0.39, 0.29) is 0 Å². The maximum absolute atomic E-state index is 2.79. The third-order valence-corrected chi connectivity index (χ3v) is 7.29. The molecule has 0 aromatic heterocycles. The van der Waals surface area contributed by atoms with Crippen molar-refractivity contribution in [2.24, 2.45) is 17.3 Å². The predicted octanol–water partition coefficient (Wildman–Crippen LogP) is 3.94. The van der Waals surface area contributed by atoms with Gasteiger partial charge in [-0.2, -0.15) is 0 Å². The van der Waals surface area contributed by atoms with E-state index in [4.69, 9.17) is 0 Å². The highest BCUT2D eigenvalue weighted by Gasteiger charge is 2.37. The van der Waals surface area contributed by atoms with Gasteiger partial charge >= 0.3 is 0 Å². The fourth-order valence-corrected chi connectivity index (χ4v) is 5.20. The summed E-state index contributed by atoms with van der Waals surface area (Å²) in [5, 5.41) is 0. The van der Waals surface area contributed by atoms with Crippen LogP contribution in [0.25, 0.3) is 0 Å². The maximum Gasteiger partial charge on any atom is 0.0350 e. The minimum atomic E-state index is 0.353. The highest BCUT2D eigenvalue weighted by Crippen LogP contribution is 2.35. The zero-order chi connectivity index (χ0) is 18.2. The van der Waals surface area contributed by atoms with E-state index in [0.29, 0.717) is 11.0 Å². The van der Waals surface area contributed by atoms with Crippen LogP contribution in [-0.2, 0) is 0 Å². The summed E-state index contributed by atoms with van der Waals surface area (Å²) in [4.78, 5) is 8.20. The highest BCUT2D eigenvalue weighted by molar-refractivity contribution is 4.93. The van der Waals surface area contributed by atoms with Gasteiger partial charge in [0.2, 0.25) is 0 Å². The Morgan fingerprint density at radius 2 is 1.32 bits per heavy atom. The Hall–Kier alpha value is -0.120. The summed E-state index contributed by atoms with van der Waals surface area (Å²) < 4.78 is 0. The average Bonchev–Trinajstić information content (AvgIpc) is 2.49. The van der Waals surface area contributed by atoms with Gasteiger partial charge in [0.05, 0.1) is 0 Å². The Morgan fingerprint density at radius 3 is 1.80 bits per heavy atom. The molecule has 0 aromatic carbocycles. The number of nitrogens with zero attached hydrogens (tertiary/aromatic N) is 3. The van der Waals surface area contributed by atoms with Crippen LogP contribution in [0.2, 0.25) is 0 Å². The summed E-state index contributed by atoms with van der Waals surface area (Å²) in [6, 6.07) is 0.857. The summed E-state index contributed by atoms with van der Waals surface area (Å²) in [6.45, 7) is 23.6. The van der Waals surface area contributed by atoms with Gasteiger partial charge in [-0.3, -0.25) is 14.7 Å². The summed E-state index contributed by atoms with van der Waals surface area (Å²) in [6.07, 6.45) is 5.61. The lowest BCUT2D eigenvalue weighted by molar-refractivity contribution is -0.0125. The van der Waals surface area contributed by atoms with Crippen molar-refractivity contribution < 1.29 is 0 Å². The second-order valence-electron chi connectivity index (χ2n) is 11.1. The molecular formula is C22H43N3. The van der Waals surface area contributed by atoms with Gasteiger partial charge in [0.25, 0.3) is 0 Å². The Morgan fingerprint density at radius 1 is 0.760 bits per heavy atom. The summed E-state index contributed by atoms with van der Waals surface area (Å²) in [7, 11) is 0. The number of piperidine rings is 2. The van der Waals surface area contributed by atoms with E-state index in [1.807, 2.05) is 0 Å². The minimum absolute atomic E-state index is 0.353. The van der Waals surface area contributed by atoms with Crippen LogP contribution in [0, 0.1) is 17.3 Å². The van der Waals surface area contributed by atoms with Crippen LogP contribution in [0.15, 0.2) is 0 Å². The SMILES string of the molecule is CC(C)(C)C1CCN(C2CN(CC3CCN(C(C)(C)C)CC3)C2)CC1. The van der Waals surface area contributed by atoms with Crippen LogP contribution < -0.4 is 0 Å². The Bertz CT molecular complexity index is 412. The molecule has 3 fully saturated rings. The zero-order valence-corrected chi connectivity index (χ0v) is 17.9. The molecule has 0 radical (unpaired) electrons. The molecule has 0 spiro atoms. The molecule has 0 unspecified atom stereocenters. The van der Waals surface area contributed by atoms with Crippen LogP contribution in [0.3, 0.4) is 0 Å². The van der Waals surface area contributed by atoms with E-state index >= 15 is 0 Å². The van der Waals surface area contributed by atoms with Gasteiger partial charge in [0.15, 0.2) is 0 Å². The lowest BCUT2D eigenvalue weighted by atomic mass is 9.75. The molecule has 0 saturated carbocycles. The van der Waals surface area contributed by atoms with Gasteiger partial charge in [-0.15, -0.1) is 0 Å². The van der Waals surface area contributed by atoms with Crippen LogP contribution in [0.1, 0.15) is 67.2 Å². The summed E-state index contributed by atoms with van der Waals surface area (Å²) in [5.74, 6) is 1.86. The molecule has 0 bridgehead atoms. The number of rotatable bonds is 3. The Kier molecular flexibility index (Phi) is 5.88. The van der Waals surface area contributed by atoms with Crippen molar-refractivity contribution in [1.29, 1.82) is 0 Å². The van der Waals surface area contributed by atoms with E-state index in [9.17, 15) is 0 Å². The second kappa shape index (κ2) is 7.48. The Labute approximate surface area is 157 Å². The zero-order valence-electron chi connectivity index (χ0n) is 17.9. The molecule has 3 heteroatoms. The first-order valence-electron chi connectivity index (χ1n) is 10.8. The van der Waals surface area contributed by atoms with Gasteiger partial charge in [-0.1, -0.05) is 20.8 Å². The first kappa shape index (κ1) is 19.6. The van der Waals surface area contributed by atoms with Crippen molar-refractivity contribution in [2.75, 3.05) is 45.8 Å². The smallest absolute Gasteiger partial charge is 0.0350 e. The third kappa shape index (κ3) is 4.99. The largest absolute Gasteiger partial charge is 0.300 e. The number of hydrogen-bond acceptors (Lipinski definition) is 3. The Balaban J connectivity index is 1.33. The molecule has 3 aliphatic heterocycles. The second-order valence-corrected chi connectivity index (χ2v) is 11.1. The lowest BCUT2D eigenvalue weighted by Gasteiger charge is -2.50. The van der Waals surface area contributed by atoms with Crippen molar-refractivity contribution in [3.8, 4) is 0 Å². The van der Waals surface area contributed by atoms with Gasteiger partial charge in [-0.05, 0) is 89.9 Å². The molecule has 0 aromatic rings. The van der Waals surface area contributed by atoms with Crippen molar-refractivity contribution in [3.63, 3.8) is 0 Å². The van der Waals surface area contributed by atoms with Crippen molar-refractivity contribution in [2.45, 2.75) is 78.8 Å². The monoisotopic (exact) mass is 349 g/mol. The summed E-state index contributed by atoms with van der Waals surface area (Å²) >= 11 is 0. The molecule has 3 nitrogen and oxygen atoms in total. The fourth-order valence-electron chi connectivity index (χ4n) is 5.20. The van der Waals surface area contributed by atoms with E-state index in [2.05, 4.69) is 56.2 Å². The quantitative estimate of drug-likeness (QED) is 0.764. The molecule has 0 N–H and O–H groups in total.